The first-order valence-corrected chi connectivity index (χ1v) is 4.17. The van der Waals surface area contributed by atoms with Crippen molar-refractivity contribution in [2.75, 3.05) is 6.54 Å². The van der Waals surface area contributed by atoms with Gasteiger partial charge in [-0.15, -0.1) is 0 Å². The molecule has 0 spiro atoms. The number of rotatable bonds is 3. The van der Waals surface area contributed by atoms with Crippen LogP contribution in [0.1, 0.15) is 17.3 Å². The van der Waals surface area contributed by atoms with Crippen LogP contribution < -0.4 is 5.32 Å². The second-order valence-corrected chi connectivity index (χ2v) is 2.87. The predicted octanol–water partition coefficient (Wildman–Crippen LogP) is 0.366. The molecule has 0 aliphatic rings. The van der Waals surface area contributed by atoms with Crippen molar-refractivity contribution >= 4 is 5.91 Å². The summed E-state index contributed by atoms with van der Waals surface area (Å²) in [6.45, 7) is 2.08. The van der Waals surface area contributed by atoms with Gasteiger partial charge in [-0.3, -0.25) is 4.79 Å². The third kappa shape index (κ3) is 2.83. The summed E-state index contributed by atoms with van der Waals surface area (Å²) in [6, 6.07) is 2.03. The minimum Gasteiger partial charge on any atom is -0.351 e. The Bertz CT molecular complexity index is 344. The standard InChI is InChI=1S/C9H10N4O/c1-7(2-10)3-13-9(14)8-4-11-6-12-5-8/h4-7H,3H2,1H3,(H,13,14). The number of hydrogen-bond donors (Lipinski definition) is 1. The van der Waals surface area contributed by atoms with E-state index in [1.807, 2.05) is 6.07 Å². The van der Waals surface area contributed by atoms with E-state index in [1.165, 1.54) is 18.7 Å². The van der Waals surface area contributed by atoms with Gasteiger partial charge in [-0.25, -0.2) is 9.97 Å². The molecule has 0 fully saturated rings. The average molecular weight is 190 g/mol. The molecule has 1 rings (SSSR count). The number of amides is 1. The molecule has 1 aromatic rings. The molecule has 1 atom stereocenters. The molecule has 1 heterocycles. The van der Waals surface area contributed by atoms with E-state index in [-0.39, 0.29) is 11.8 Å². The highest BCUT2D eigenvalue weighted by molar-refractivity contribution is 5.93. The highest BCUT2D eigenvalue weighted by Gasteiger charge is 2.06. The van der Waals surface area contributed by atoms with Crippen molar-refractivity contribution in [3.63, 3.8) is 0 Å². The Morgan fingerprint density at radius 2 is 2.29 bits per heavy atom. The van der Waals surface area contributed by atoms with E-state index in [0.29, 0.717) is 12.1 Å². The van der Waals surface area contributed by atoms with Crippen LogP contribution in [0.2, 0.25) is 0 Å². The number of nitrogens with one attached hydrogen (secondary N) is 1. The van der Waals surface area contributed by atoms with Gasteiger partial charge < -0.3 is 5.32 Å². The molecule has 0 aliphatic carbocycles. The molecule has 1 N–H and O–H groups in total. The fraction of sp³-hybridized carbons (Fsp3) is 0.333. The summed E-state index contributed by atoms with van der Waals surface area (Å²) in [5, 5.41) is 11.1. The summed E-state index contributed by atoms with van der Waals surface area (Å²) in [5.41, 5.74) is 0.401. The minimum absolute atomic E-state index is 0.191. The number of hydrogen-bond acceptors (Lipinski definition) is 4. The lowest BCUT2D eigenvalue weighted by atomic mass is 10.2. The van der Waals surface area contributed by atoms with Crippen LogP contribution >= 0.6 is 0 Å². The molecule has 1 unspecified atom stereocenters. The molecule has 0 saturated heterocycles. The first kappa shape index (κ1) is 10.1. The molecule has 5 nitrogen and oxygen atoms in total. The molecule has 0 aromatic carbocycles. The summed E-state index contributed by atoms with van der Waals surface area (Å²) in [7, 11) is 0. The third-order valence-electron chi connectivity index (χ3n) is 1.61. The van der Waals surface area contributed by atoms with Crippen LogP contribution in [0.25, 0.3) is 0 Å². The van der Waals surface area contributed by atoms with E-state index in [0.717, 1.165) is 0 Å². The lowest BCUT2D eigenvalue weighted by molar-refractivity contribution is 0.0950. The van der Waals surface area contributed by atoms with Crippen LogP contribution in [0, 0.1) is 17.2 Å². The van der Waals surface area contributed by atoms with Gasteiger partial charge in [-0.05, 0) is 6.92 Å². The van der Waals surface area contributed by atoms with E-state index >= 15 is 0 Å². The summed E-state index contributed by atoms with van der Waals surface area (Å²) < 4.78 is 0. The van der Waals surface area contributed by atoms with Crippen molar-refractivity contribution < 1.29 is 4.79 Å². The normalized spacial score (nSPS) is 11.4. The van der Waals surface area contributed by atoms with Gasteiger partial charge in [0.25, 0.3) is 5.91 Å². The summed E-state index contributed by atoms with van der Waals surface area (Å²) in [4.78, 5) is 18.8. The Hall–Kier alpha value is -1.96. The van der Waals surface area contributed by atoms with Gasteiger partial charge in [-0.1, -0.05) is 0 Å². The Morgan fingerprint density at radius 3 is 2.86 bits per heavy atom. The van der Waals surface area contributed by atoms with Crippen molar-refractivity contribution in [2.45, 2.75) is 6.92 Å². The van der Waals surface area contributed by atoms with E-state index in [2.05, 4.69) is 15.3 Å². The second-order valence-electron chi connectivity index (χ2n) is 2.87. The number of nitriles is 1. The molecule has 72 valence electrons. The van der Waals surface area contributed by atoms with Gasteiger partial charge in [-0.2, -0.15) is 5.26 Å². The van der Waals surface area contributed by atoms with Crippen molar-refractivity contribution in [1.82, 2.24) is 15.3 Å². The smallest absolute Gasteiger partial charge is 0.254 e. The Morgan fingerprint density at radius 1 is 1.64 bits per heavy atom. The summed E-state index contributed by atoms with van der Waals surface area (Å²) in [5.74, 6) is -0.448. The van der Waals surface area contributed by atoms with Gasteiger partial charge in [0.05, 0.1) is 17.6 Å². The molecule has 0 radical (unpaired) electrons. The molecule has 1 aromatic heterocycles. The average Bonchev–Trinajstić information content (AvgIpc) is 2.26. The first-order chi connectivity index (χ1) is 6.74. The van der Waals surface area contributed by atoms with Crippen LogP contribution in [-0.4, -0.2) is 22.4 Å². The molecule has 0 aliphatic heterocycles. The van der Waals surface area contributed by atoms with Gasteiger partial charge in [0.1, 0.15) is 6.33 Å². The predicted molar refractivity (Wildman–Crippen MR) is 49.1 cm³/mol. The quantitative estimate of drug-likeness (QED) is 0.746. The topological polar surface area (TPSA) is 78.7 Å². The van der Waals surface area contributed by atoms with Crippen LogP contribution in [0.4, 0.5) is 0 Å². The zero-order valence-electron chi connectivity index (χ0n) is 7.77. The molecule has 1 amide bonds. The van der Waals surface area contributed by atoms with Gasteiger partial charge in [0.2, 0.25) is 0 Å². The fourth-order valence-electron chi connectivity index (χ4n) is 0.810. The highest BCUT2D eigenvalue weighted by atomic mass is 16.1. The molecule has 0 saturated carbocycles. The fourth-order valence-corrected chi connectivity index (χ4v) is 0.810. The molecular formula is C9H10N4O. The number of carbonyl (C=O) groups is 1. The SMILES string of the molecule is CC(C#N)CNC(=O)c1cncnc1. The van der Waals surface area contributed by atoms with E-state index < -0.39 is 0 Å². The van der Waals surface area contributed by atoms with E-state index in [1.54, 1.807) is 6.92 Å². The van der Waals surface area contributed by atoms with Crippen LogP contribution in [0.15, 0.2) is 18.7 Å². The molecule has 5 heteroatoms. The summed E-state index contributed by atoms with van der Waals surface area (Å²) >= 11 is 0. The zero-order chi connectivity index (χ0) is 10.4. The molecule has 14 heavy (non-hydrogen) atoms. The lowest BCUT2D eigenvalue weighted by Gasteiger charge is -2.04. The third-order valence-corrected chi connectivity index (χ3v) is 1.61. The molecule has 0 bridgehead atoms. The van der Waals surface area contributed by atoms with Crippen molar-refractivity contribution in [1.29, 1.82) is 5.26 Å². The van der Waals surface area contributed by atoms with Gasteiger partial charge in [0.15, 0.2) is 0 Å². The largest absolute Gasteiger partial charge is 0.351 e. The van der Waals surface area contributed by atoms with E-state index in [9.17, 15) is 4.79 Å². The number of nitrogens with zero attached hydrogens (tertiary/aromatic N) is 3. The minimum atomic E-state index is -0.257. The highest BCUT2D eigenvalue weighted by Crippen LogP contribution is 1.94. The Balaban J connectivity index is 2.49. The van der Waals surface area contributed by atoms with Crippen LogP contribution in [-0.2, 0) is 0 Å². The molecular weight excluding hydrogens is 180 g/mol. The van der Waals surface area contributed by atoms with Crippen LogP contribution in [0.3, 0.4) is 0 Å². The second kappa shape index (κ2) is 4.92. The summed E-state index contributed by atoms with van der Waals surface area (Å²) in [6.07, 6.45) is 4.22. The maximum absolute atomic E-state index is 11.4. The Kier molecular flexibility index (Phi) is 3.56. The zero-order valence-corrected chi connectivity index (χ0v) is 7.77. The van der Waals surface area contributed by atoms with Crippen molar-refractivity contribution in [2.24, 2.45) is 5.92 Å². The first-order valence-electron chi connectivity index (χ1n) is 4.17. The van der Waals surface area contributed by atoms with Gasteiger partial charge >= 0.3 is 0 Å². The lowest BCUT2D eigenvalue weighted by Crippen LogP contribution is -2.27. The number of carbonyl (C=O) groups excluding carboxylic acids is 1. The maximum atomic E-state index is 11.4. The van der Waals surface area contributed by atoms with Crippen molar-refractivity contribution in [3.05, 3.63) is 24.3 Å². The Labute approximate surface area is 81.8 Å². The maximum Gasteiger partial charge on any atom is 0.254 e. The van der Waals surface area contributed by atoms with Gasteiger partial charge in [0, 0.05) is 18.9 Å². The number of aromatic nitrogens is 2. The van der Waals surface area contributed by atoms with Crippen LogP contribution in [0.5, 0.6) is 0 Å². The van der Waals surface area contributed by atoms with Crippen molar-refractivity contribution in [3.8, 4) is 6.07 Å². The van der Waals surface area contributed by atoms with E-state index in [4.69, 9.17) is 5.26 Å². The monoisotopic (exact) mass is 190 g/mol.